The highest BCUT2D eigenvalue weighted by Crippen LogP contribution is 2.17. The Bertz CT molecular complexity index is 588. The molecule has 0 aliphatic heterocycles. The lowest BCUT2D eigenvalue weighted by molar-refractivity contribution is 0.0592. The Hall–Kier alpha value is -2.49. The molecule has 0 atom stereocenters. The molecule has 10 heteroatoms. The van der Waals surface area contributed by atoms with Crippen LogP contribution in [0.4, 0.5) is 5.82 Å². The van der Waals surface area contributed by atoms with Crippen LogP contribution in [-0.2, 0) is 11.3 Å². The number of carbonyl (C=O) groups is 1. The number of methoxy groups -OCH3 is 1. The number of anilines is 1. The van der Waals surface area contributed by atoms with Crippen LogP contribution in [0.25, 0.3) is 5.82 Å². The van der Waals surface area contributed by atoms with Gasteiger partial charge in [0.1, 0.15) is 0 Å². The summed E-state index contributed by atoms with van der Waals surface area (Å²) in [5.74, 6) is -0.348. The SMILES string of the molecule is COC(=O)c1nnn(-c2nonc2N)c1CN(C)C. The summed E-state index contributed by atoms with van der Waals surface area (Å²) < 4.78 is 10.5. The highest BCUT2D eigenvalue weighted by molar-refractivity contribution is 5.88. The van der Waals surface area contributed by atoms with Gasteiger partial charge in [-0.25, -0.2) is 9.42 Å². The molecule has 0 radical (unpaired) electrons. The van der Waals surface area contributed by atoms with Gasteiger partial charge in [-0.15, -0.1) is 5.10 Å². The van der Waals surface area contributed by atoms with Crippen LogP contribution in [0.2, 0.25) is 0 Å². The van der Waals surface area contributed by atoms with E-state index < -0.39 is 5.97 Å². The average molecular weight is 267 g/mol. The molecule has 0 aromatic carbocycles. The minimum Gasteiger partial charge on any atom is -0.464 e. The molecular weight excluding hydrogens is 254 g/mol. The number of nitrogens with two attached hydrogens (primary N) is 1. The zero-order valence-corrected chi connectivity index (χ0v) is 10.7. The number of esters is 1. The molecule has 0 bridgehead atoms. The van der Waals surface area contributed by atoms with Crippen molar-refractivity contribution in [3.8, 4) is 5.82 Å². The van der Waals surface area contributed by atoms with E-state index in [0.29, 0.717) is 12.2 Å². The number of hydrogen-bond donors (Lipinski definition) is 1. The summed E-state index contributed by atoms with van der Waals surface area (Å²) in [4.78, 5) is 13.5. The number of carbonyl (C=O) groups excluding carboxylic acids is 1. The molecule has 2 aromatic heterocycles. The number of aromatic nitrogens is 5. The van der Waals surface area contributed by atoms with Gasteiger partial charge in [-0.3, -0.25) is 0 Å². The zero-order valence-electron chi connectivity index (χ0n) is 10.7. The number of nitrogen functional groups attached to an aromatic ring is 1. The van der Waals surface area contributed by atoms with Crippen molar-refractivity contribution in [1.82, 2.24) is 30.2 Å². The van der Waals surface area contributed by atoms with Crippen LogP contribution in [0.15, 0.2) is 4.63 Å². The molecule has 2 N–H and O–H groups in total. The van der Waals surface area contributed by atoms with Crippen LogP contribution in [0, 0.1) is 0 Å². The molecule has 0 unspecified atom stereocenters. The van der Waals surface area contributed by atoms with Crippen LogP contribution in [-0.4, -0.2) is 57.4 Å². The van der Waals surface area contributed by atoms with Crippen LogP contribution < -0.4 is 5.73 Å². The summed E-state index contributed by atoms with van der Waals surface area (Å²) in [6, 6.07) is 0. The maximum Gasteiger partial charge on any atom is 0.360 e. The van der Waals surface area contributed by atoms with Crippen molar-refractivity contribution in [1.29, 1.82) is 0 Å². The van der Waals surface area contributed by atoms with E-state index in [9.17, 15) is 4.79 Å². The Labute approximate surface area is 108 Å². The first kappa shape index (κ1) is 13.0. The van der Waals surface area contributed by atoms with Gasteiger partial charge in [-0.2, -0.15) is 4.68 Å². The summed E-state index contributed by atoms with van der Waals surface area (Å²) in [6.45, 7) is 0.393. The molecule has 0 aliphatic rings. The Morgan fingerprint density at radius 2 is 2.21 bits per heavy atom. The second-order valence-electron chi connectivity index (χ2n) is 4.00. The molecule has 102 valence electrons. The summed E-state index contributed by atoms with van der Waals surface area (Å²) in [5.41, 5.74) is 6.19. The second kappa shape index (κ2) is 5.02. The van der Waals surface area contributed by atoms with Gasteiger partial charge in [-0.1, -0.05) is 5.21 Å². The average Bonchev–Trinajstić information content (AvgIpc) is 2.94. The van der Waals surface area contributed by atoms with Crippen molar-refractivity contribution >= 4 is 11.8 Å². The largest absolute Gasteiger partial charge is 0.464 e. The van der Waals surface area contributed by atoms with Gasteiger partial charge in [0.05, 0.1) is 12.8 Å². The van der Waals surface area contributed by atoms with Gasteiger partial charge in [0.25, 0.3) is 0 Å². The highest BCUT2D eigenvalue weighted by Gasteiger charge is 2.24. The van der Waals surface area contributed by atoms with Crippen molar-refractivity contribution in [2.24, 2.45) is 0 Å². The third kappa shape index (κ3) is 2.38. The van der Waals surface area contributed by atoms with Crippen LogP contribution >= 0.6 is 0 Å². The molecule has 19 heavy (non-hydrogen) atoms. The third-order valence-electron chi connectivity index (χ3n) is 2.30. The lowest BCUT2D eigenvalue weighted by atomic mass is 10.3. The monoisotopic (exact) mass is 267 g/mol. The summed E-state index contributed by atoms with van der Waals surface area (Å²) in [7, 11) is 4.94. The molecule has 0 fully saturated rings. The lowest BCUT2D eigenvalue weighted by Gasteiger charge is -2.10. The minimum atomic E-state index is -0.585. The predicted molar refractivity (Wildman–Crippen MR) is 62.4 cm³/mol. The maximum atomic E-state index is 11.6. The van der Waals surface area contributed by atoms with E-state index in [2.05, 4.69) is 30.0 Å². The number of rotatable bonds is 4. The zero-order chi connectivity index (χ0) is 14.0. The Morgan fingerprint density at radius 1 is 1.47 bits per heavy atom. The number of hydrogen-bond acceptors (Lipinski definition) is 9. The van der Waals surface area contributed by atoms with Gasteiger partial charge in [0, 0.05) is 6.54 Å². The molecule has 2 rings (SSSR count). The van der Waals surface area contributed by atoms with Crippen molar-refractivity contribution in [2.45, 2.75) is 6.54 Å². The maximum absolute atomic E-state index is 11.6. The van der Waals surface area contributed by atoms with Crippen molar-refractivity contribution in [2.75, 3.05) is 26.9 Å². The number of nitrogens with zero attached hydrogens (tertiary/aromatic N) is 6. The van der Waals surface area contributed by atoms with E-state index in [1.54, 1.807) is 0 Å². The van der Waals surface area contributed by atoms with E-state index in [4.69, 9.17) is 5.73 Å². The van der Waals surface area contributed by atoms with Crippen molar-refractivity contribution in [3.05, 3.63) is 11.4 Å². The van der Waals surface area contributed by atoms with Gasteiger partial charge < -0.3 is 15.4 Å². The Balaban J connectivity index is 2.53. The first-order chi connectivity index (χ1) is 9.04. The summed E-state index contributed by atoms with van der Waals surface area (Å²) in [6.07, 6.45) is 0. The third-order valence-corrected chi connectivity index (χ3v) is 2.30. The highest BCUT2D eigenvalue weighted by atomic mass is 16.6. The molecule has 0 aliphatic carbocycles. The van der Waals surface area contributed by atoms with Gasteiger partial charge in [0.15, 0.2) is 5.69 Å². The quantitative estimate of drug-likeness (QED) is 0.700. The predicted octanol–water partition coefficient (Wildman–Crippen LogP) is -0.919. The topological polar surface area (TPSA) is 125 Å². The first-order valence-electron chi connectivity index (χ1n) is 5.30. The Kier molecular flexibility index (Phi) is 3.42. The standard InChI is InChI=1S/C9H13N7O3/c1-15(2)4-5-6(9(17)18-3)11-14-16(5)8-7(10)12-19-13-8/h4H2,1-3H3,(H2,10,12). The molecular formula is C9H13N7O3. The first-order valence-corrected chi connectivity index (χ1v) is 5.30. The fourth-order valence-electron chi connectivity index (χ4n) is 1.51. The summed E-state index contributed by atoms with van der Waals surface area (Å²) >= 11 is 0. The van der Waals surface area contributed by atoms with E-state index in [1.165, 1.54) is 11.8 Å². The van der Waals surface area contributed by atoms with Crippen LogP contribution in [0.3, 0.4) is 0 Å². The molecule has 0 saturated heterocycles. The molecule has 0 amide bonds. The second-order valence-corrected chi connectivity index (χ2v) is 4.00. The molecule has 2 heterocycles. The van der Waals surface area contributed by atoms with Gasteiger partial charge in [0.2, 0.25) is 11.6 Å². The van der Waals surface area contributed by atoms with Gasteiger partial charge in [-0.05, 0) is 24.4 Å². The molecule has 0 saturated carbocycles. The van der Waals surface area contributed by atoms with Crippen LogP contribution in [0.1, 0.15) is 16.2 Å². The minimum absolute atomic E-state index is 0.0568. The van der Waals surface area contributed by atoms with E-state index in [1.807, 2.05) is 19.0 Å². The van der Waals surface area contributed by atoms with E-state index in [0.717, 1.165) is 0 Å². The lowest BCUT2D eigenvalue weighted by Crippen LogP contribution is -2.18. The van der Waals surface area contributed by atoms with E-state index in [-0.39, 0.29) is 17.3 Å². The normalized spacial score (nSPS) is 10.9. The van der Waals surface area contributed by atoms with Crippen molar-refractivity contribution < 1.29 is 14.2 Å². The fourth-order valence-corrected chi connectivity index (χ4v) is 1.51. The fraction of sp³-hybridized carbons (Fsp3) is 0.444. The number of ether oxygens (including phenoxy) is 1. The molecule has 10 nitrogen and oxygen atoms in total. The van der Waals surface area contributed by atoms with E-state index >= 15 is 0 Å². The summed E-state index contributed by atoms with van der Waals surface area (Å²) in [5, 5.41) is 14.7. The Morgan fingerprint density at radius 3 is 2.74 bits per heavy atom. The molecule has 2 aromatic rings. The van der Waals surface area contributed by atoms with Crippen LogP contribution in [0.5, 0.6) is 0 Å². The van der Waals surface area contributed by atoms with Gasteiger partial charge >= 0.3 is 5.97 Å². The molecule has 0 spiro atoms. The van der Waals surface area contributed by atoms with Crippen molar-refractivity contribution in [3.63, 3.8) is 0 Å². The smallest absolute Gasteiger partial charge is 0.360 e.